The van der Waals surface area contributed by atoms with Gasteiger partial charge in [-0.2, -0.15) is 5.10 Å². The van der Waals surface area contributed by atoms with Gasteiger partial charge in [0.15, 0.2) is 0 Å². The number of nitrogens with zero attached hydrogens (tertiary/aromatic N) is 3. The molecule has 0 heterocycles. The van der Waals surface area contributed by atoms with Crippen LogP contribution in [0.3, 0.4) is 0 Å². The van der Waals surface area contributed by atoms with Crippen LogP contribution in [0.4, 0.5) is 17.1 Å². The molecule has 0 bridgehead atoms. The average Bonchev–Trinajstić information content (AvgIpc) is 2.81. The fourth-order valence-electron chi connectivity index (χ4n) is 3.21. The lowest BCUT2D eigenvalue weighted by Crippen LogP contribution is -2.21. The molecule has 0 atom stereocenters. The van der Waals surface area contributed by atoms with Crippen molar-refractivity contribution in [3.63, 3.8) is 0 Å². The Hall–Kier alpha value is -3.47. The van der Waals surface area contributed by atoms with Crippen LogP contribution in [-0.4, -0.2) is 33.5 Å². The Bertz CT molecular complexity index is 884. The number of ether oxygens (including phenoxy) is 2. The average molecular weight is 404 g/mol. The molecule has 0 saturated carbocycles. The van der Waals surface area contributed by atoms with Gasteiger partial charge in [0.2, 0.25) is 0 Å². The van der Waals surface area contributed by atoms with Crippen LogP contribution in [0, 0.1) is 0 Å². The van der Waals surface area contributed by atoms with Crippen molar-refractivity contribution >= 4 is 23.3 Å². The lowest BCUT2D eigenvalue weighted by molar-refractivity contribution is 0.415. The van der Waals surface area contributed by atoms with Gasteiger partial charge in [0.05, 0.1) is 31.8 Å². The van der Waals surface area contributed by atoms with Crippen LogP contribution >= 0.6 is 0 Å². The number of hydrogen-bond donors (Lipinski definition) is 0. The monoisotopic (exact) mass is 403 g/mol. The molecular weight excluding hydrogens is 374 g/mol. The first kappa shape index (κ1) is 21.2. The van der Waals surface area contributed by atoms with Gasteiger partial charge in [-0.1, -0.05) is 12.1 Å². The molecule has 30 heavy (non-hydrogen) atoms. The highest BCUT2D eigenvalue weighted by atomic mass is 16.5. The molecule has 0 aliphatic rings. The second-order valence-corrected chi connectivity index (χ2v) is 6.72. The molecule has 0 aromatic heterocycles. The van der Waals surface area contributed by atoms with Gasteiger partial charge < -0.3 is 14.4 Å². The van der Waals surface area contributed by atoms with Crippen molar-refractivity contribution < 1.29 is 9.47 Å². The Morgan fingerprint density at radius 1 is 0.667 bits per heavy atom. The van der Waals surface area contributed by atoms with E-state index in [-0.39, 0.29) is 0 Å². The van der Waals surface area contributed by atoms with Crippen molar-refractivity contribution in [1.29, 1.82) is 0 Å². The van der Waals surface area contributed by atoms with Crippen molar-refractivity contribution in [1.82, 2.24) is 0 Å². The standard InChI is InChI=1S/C25H29N3O2/c1-5-27(6-2)21-9-7-20(8-10-21)19-26-28(22-11-15-24(29-3)16-12-22)23-13-17-25(30-4)18-14-23/h7-19H,5-6H2,1-4H3. The molecule has 0 aliphatic carbocycles. The quantitative estimate of drug-likeness (QED) is 0.338. The van der Waals surface area contributed by atoms with Gasteiger partial charge in [-0.25, -0.2) is 5.01 Å². The lowest BCUT2D eigenvalue weighted by Gasteiger charge is -2.21. The number of rotatable bonds is 9. The van der Waals surface area contributed by atoms with Gasteiger partial charge >= 0.3 is 0 Å². The van der Waals surface area contributed by atoms with E-state index in [4.69, 9.17) is 14.6 Å². The van der Waals surface area contributed by atoms with Crippen LogP contribution in [0.1, 0.15) is 19.4 Å². The topological polar surface area (TPSA) is 37.3 Å². The van der Waals surface area contributed by atoms with Crippen LogP contribution in [0.2, 0.25) is 0 Å². The zero-order valence-electron chi connectivity index (χ0n) is 18.1. The third-order valence-electron chi connectivity index (χ3n) is 4.98. The van der Waals surface area contributed by atoms with E-state index >= 15 is 0 Å². The van der Waals surface area contributed by atoms with Crippen LogP contribution in [0.25, 0.3) is 0 Å². The predicted octanol–water partition coefficient (Wildman–Crippen LogP) is 5.72. The van der Waals surface area contributed by atoms with Crippen LogP contribution in [0.15, 0.2) is 77.9 Å². The zero-order valence-corrected chi connectivity index (χ0v) is 18.1. The van der Waals surface area contributed by atoms with E-state index in [1.165, 1.54) is 5.69 Å². The first-order valence-electron chi connectivity index (χ1n) is 10.2. The lowest BCUT2D eigenvalue weighted by atomic mass is 10.2. The Morgan fingerprint density at radius 3 is 1.50 bits per heavy atom. The molecule has 0 N–H and O–H groups in total. The summed E-state index contributed by atoms with van der Waals surface area (Å²) in [6.45, 7) is 6.32. The molecule has 5 heteroatoms. The van der Waals surface area contributed by atoms with E-state index < -0.39 is 0 Å². The molecule has 0 saturated heterocycles. The summed E-state index contributed by atoms with van der Waals surface area (Å²) in [6, 6.07) is 24.1. The van der Waals surface area contributed by atoms with Crippen molar-refractivity contribution in [3.8, 4) is 11.5 Å². The largest absolute Gasteiger partial charge is 0.497 e. The molecule has 3 rings (SSSR count). The Kier molecular flexibility index (Phi) is 7.33. The summed E-state index contributed by atoms with van der Waals surface area (Å²) in [5.41, 5.74) is 4.14. The second-order valence-electron chi connectivity index (χ2n) is 6.72. The fraction of sp³-hybridized carbons (Fsp3) is 0.240. The molecule has 0 unspecified atom stereocenters. The summed E-state index contributed by atoms with van der Waals surface area (Å²) in [6.07, 6.45) is 1.88. The van der Waals surface area contributed by atoms with Crippen molar-refractivity contribution in [3.05, 3.63) is 78.4 Å². The maximum atomic E-state index is 5.29. The maximum Gasteiger partial charge on any atom is 0.119 e. The van der Waals surface area contributed by atoms with Crippen molar-refractivity contribution in [2.75, 3.05) is 37.2 Å². The molecular formula is C25H29N3O2. The van der Waals surface area contributed by atoms with Crippen molar-refractivity contribution in [2.45, 2.75) is 13.8 Å². The third kappa shape index (κ3) is 5.11. The van der Waals surface area contributed by atoms with E-state index in [1.807, 2.05) is 59.8 Å². The van der Waals surface area contributed by atoms with E-state index in [0.717, 1.165) is 41.5 Å². The van der Waals surface area contributed by atoms with Gasteiger partial charge in [0.25, 0.3) is 0 Å². The Morgan fingerprint density at radius 2 is 1.10 bits per heavy atom. The molecule has 0 spiro atoms. The van der Waals surface area contributed by atoms with Crippen molar-refractivity contribution in [2.24, 2.45) is 5.10 Å². The zero-order chi connectivity index (χ0) is 21.3. The highest BCUT2D eigenvalue weighted by molar-refractivity contribution is 5.82. The maximum absolute atomic E-state index is 5.29. The minimum absolute atomic E-state index is 0.810. The number of anilines is 3. The number of hydrogen-bond acceptors (Lipinski definition) is 5. The van der Waals surface area contributed by atoms with Crippen LogP contribution < -0.4 is 19.4 Å². The number of benzene rings is 3. The summed E-state index contributed by atoms with van der Waals surface area (Å²) in [4.78, 5) is 2.32. The Labute approximate surface area is 179 Å². The molecule has 3 aromatic carbocycles. The van der Waals surface area contributed by atoms with Gasteiger partial charge in [-0.15, -0.1) is 0 Å². The first-order valence-corrected chi connectivity index (χ1v) is 10.2. The first-order chi connectivity index (χ1) is 14.7. The van der Waals surface area contributed by atoms with Gasteiger partial charge in [0.1, 0.15) is 11.5 Å². The van der Waals surface area contributed by atoms with E-state index in [0.29, 0.717) is 0 Å². The number of methoxy groups -OCH3 is 2. The normalized spacial score (nSPS) is 10.8. The summed E-state index contributed by atoms with van der Waals surface area (Å²) < 4.78 is 10.6. The van der Waals surface area contributed by atoms with Crippen LogP contribution in [-0.2, 0) is 0 Å². The molecule has 3 aromatic rings. The highest BCUT2D eigenvalue weighted by Crippen LogP contribution is 2.29. The van der Waals surface area contributed by atoms with Gasteiger partial charge in [-0.3, -0.25) is 0 Å². The highest BCUT2D eigenvalue weighted by Gasteiger charge is 2.09. The minimum atomic E-state index is 0.810. The molecule has 156 valence electrons. The van der Waals surface area contributed by atoms with E-state index in [2.05, 4.69) is 43.0 Å². The summed E-state index contributed by atoms with van der Waals surface area (Å²) in [5.74, 6) is 1.62. The second kappa shape index (κ2) is 10.3. The number of hydrazone groups is 1. The van der Waals surface area contributed by atoms with Crippen LogP contribution in [0.5, 0.6) is 11.5 Å². The Balaban J connectivity index is 1.89. The fourth-order valence-corrected chi connectivity index (χ4v) is 3.21. The molecule has 0 amide bonds. The van der Waals surface area contributed by atoms with Gasteiger partial charge in [-0.05, 0) is 80.1 Å². The smallest absolute Gasteiger partial charge is 0.119 e. The molecule has 0 radical (unpaired) electrons. The summed E-state index contributed by atoms with van der Waals surface area (Å²) >= 11 is 0. The SMILES string of the molecule is CCN(CC)c1ccc(C=NN(c2ccc(OC)cc2)c2ccc(OC)cc2)cc1. The van der Waals surface area contributed by atoms with E-state index in [1.54, 1.807) is 14.2 Å². The molecule has 0 fully saturated rings. The van der Waals surface area contributed by atoms with E-state index in [9.17, 15) is 0 Å². The molecule has 0 aliphatic heterocycles. The molecule has 5 nitrogen and oxygen atoms in total. The third-order valence-corrected chi connectivity index (χ3v) is 4.98. The van der Waals surface area contributed by atoms with Gasteiger partial charge in [0, 0.05) is 18.8 Å². The predicted molar refractivity (Wildman–Crippen MR) is 126 cm³/mol. The summed E-state index contributed by atoms with van der Waals surface area (Å²) in [7, 11) is 3.33. The summed E-state index contributed by atoms with van der Waals surface area (Å²) in [5, 5.41) is 6.67. The minimum Gasteiger partial charge on any atom is -0.497 e.